The number of H-pyrrole nitrogens is 1. The summed E-state index contributed by atoms with van der Waals surface area (Å²) in [7, 11) is 0. The number of fused-ring (bicyclic) bond motifs is 1. The average Bonchev–Trinajstić information content (AvgIpc) is 2.87. The smallest absolute Gasteiger partial charge is 0.408 e. The maximum absolute atomic E-state index is 11.2. The topological polar surface area (TPSA) is 55.2 Å². The zero-order chi connectivity index (χ0) is 14.4. The first-order valence-corrected chi connectivity index (χ1v) is 7.81. The molecule has 0 radical (unpaired) electrons. The van der Waals surface area contributed by atoms with Crippen molar-refractivity contribution in [1.29, 1.82) is 0 Å². The van der Waals surface area contributed by atoms with Crippen LogP contribution in [0.25, 0.3) is 11.1 Å². The molecule has 1 aliphatic rings. The molecule has 1 N–H and O–H groups in total. The van der Waals surface area contributed by atoms with Crippen molar-refractivity contribution in [2.45, 2.75) is 37.8 Å². The lowest BCUT2D eigenvalue weighted by atomic mass is 9.84. The standard InChI is InChI=1S/C15H18BrNO3/c1-7-8(2)19-9(3)13(7)14(16)10-4-5-11-12(6-10)20-15(18)17-11/h4-9,13-14H,1-3H3,(H,17,18). The highest BCUT2D eigenvalue weighted by molar-refractivity contribution is 9.09. The third kappa shape index (κ3) is 2.23. The second-order valence-electron chi connectivity index (χ2n) is 5.65. The Morgan fingerprint density at radius 1 is 1.25 bits per heavy atom. The highest BCUT2D eigenvalue weighted by Gasteiger charge is 2.41. The fourth-order valence-corrected chi connectivity index (χ4v) is 4.35. The Balaban J connectivity index is 1.95. The maximum atomic E-state index is 11.2. The number of halogens is 1. The van der Waals surface area contributed by atoms with Crippen LogP contribution in [0.3, 0.4) is 0 Å². The first-order chi connectivity index (χ1) is 9.47. The van der Waals surface area contributed by atoms with Crippen molar-refractivity contribution >= 4 is 27.0 Å². The zero-order valence-corrected chi connectivity index (χ0v) is 13.3. The van der Waals surface area contributed by atoms with Gasteiger partial charge in [0.05, 0.1) is 17.7 Å². The van der Waals surface area contributed by atoms with Crippen molar-refractivity contribution in [3.05, 3.63) is 34.3 Å². The highest BCUT2D eigenvalue weighted by Crippen LogP contribution is 2.45. The van der Waals surface area contributed by atoms with Gasteiger partial charge in [-0.15, -0.1) is 0 Å². The van der Waals surface area contributed by atoms with E-state index in [2.05, 4.69) is 41.7 Å². The molecule has 0 saturated carbocycles. The van der Waals surface area contributed by atoms with Gasteiger partial charge in [-0.2, -0.15) is 0 Å². The second kappa shape index (κ2) is 5.04. The molecule has 1 saturated heterocycles. The molecule has 5 atom stereocenters. The van der Waals surface area contributed by atoms with E-state index in [1.54, 1.807) is 0 Å². The summed E-state index contributed by atoms with van der Waals surface area (Å²) in [4.78, 5) is 14.1. The SMILES string of the molecule is CC1OC(C)C(C(Br)c2ccc3[nH]c(=O)oc3c2)C1C. The van der Waals surface area contributed by atoms with Gasteiger partial charge in [0.1, 0.15) is 0 Å². The van der Waals surface area contributed by atoms with Crippen molar-refractivity contribution in [1.82, 2.24) is 4.98 Å². The Hall–Kier alpha value is -1.07. The minimum Gasteiger partial charge on any atom is -0.408 e. The number of nitrogens with one attached hydrogen (secondary N) is 1. The van der Waals surface area contributed by atoms with Crippen LogP contribution >= 0.6 is 15.9 Å². The monoisotopic (exact) mass is 339 g/mol. The number of aromatic nitrogens is 1. The van der Waals surface area contributed by atoms with Crippen molar-refractivity contribution in [3.8, 4) is 0 Å². The minimum absolute atomic E-state index is 0.182. The summed E-state index contributed by atoms with van der Waals surface area (Å²) >= 11 is 3.80. The first kappa shape index (κ1) is 13.9. The summed E-state index contributed by atoms with van der Waals surface area (Å²) in [6.07, 6.45) is 0.474. The van der Waals surface area contributed by atoms with E-state index in [9.17, 15) is 4.79 Å². The maximum Gasteiger partial charge on any atom is 0.417 e. The van der Waals surface area contributed by atoms with Gasteiger partial charge in [0, 0.05) is 10.7 Å². The molecule has 1 fully saturated rings. The molecular formula is C15H18BrNO3. The third-order valence-corrected chi connectivity index (χ3v) is 5.56. The van der Waals surface area contributed by atoms with E-state index >= 15 is 0 Å². The molecule has 2 aromatic rings. The van der Waals surface area contributed by atoms with Gasteiger partial charge in [-0.1, -0.05) is 28.9 Å². The van der Waals surface area contributed by atoms with Crippen molar-refractivity contribution in [2.24, 2.45) is 11.8 Å². The Morgan fingerprint density at radius 2 is 2.00 bits per heavy atom. The Labute approximate surface area is 125 Å². The van der Waals surface area contributed by atoms with Crippen LogP contribution in [0.15, 0.2) is 27.4 Å². The van der Waals surface area contributed by atoms with Gasteiger partial charge in [0.2, 0.25) is 0 Å². The summed E-state index contributed by atoms with van der Waals surface area (Å²) in [5, 5.41) is 0. The Kier molecular flexibility index (Phi) is 3.50. The molecule has 20 heavy (non-hydrogen) atoms. The van der Waals surface area contributed by atoms with Gasteiger partial charge in [-0.25, -0.2) is 4.79 Å². The second-order valence-corrected chi connectivity index (χ2v) is 6.64. The fraction of sp³-hybridized carbons (Fsp3) is 0.533. The van der Waals surface area contributed by atoms with E-state index in [-0.39, 0.29) is 17.0 Å². The van der Waals surface area contributed by atoms with Crippen LogP contribution in [-0.2, 0) is 4.74 Å². The summed E-state index contributed by atoms with van der Waals surface area (Å²) in [6, 6.07) is 5.84. The molecule has 5 heteroatoms. The number of alkyl halides is 1. The lowest BCUT2D eigenvalue weighted by Gasteiger charge is -2.24. The van der Waals surface area contributed by atoms with Crippen molar-refractivity contribution in [3.63, 3.8) is 0 Å². The van der Waals surface area contributed by atoms with Crippen LogP contribution in [0.2, 0.25) is 0 Å². The molecule has 108 valence electrons. The molecule has 1 aromatic carbocycles. The molecule has 0 bridgehead atoms. The van der Waals surface area contributed by atoms with Gasteiger partial charge in [0.25, 0.3) is 0 Å². The van der Waals surface area contributed by atoms with Crippen molar-refractivity contribution < 1.29 is 9.15 Å². The lowest BCUT2D eigenvalue weighted by Crippen LogP contribution is -2.21. The summed E-state index contributed by atoms with van der Waals surface area (Å²) in [5.74, 6) is 0.458. The van der Waals surface area contributed by atoms with Gasteiger partial charge in [-0.05, 0) is 37.5 Å². The number of benzene rings is 1. The van der Waals surface area contributed by atoms with E-state index in [1.807, 2.05) is 18.2 Å². The molecule has 4 nitrogen and oxygen atoms in total. The summed E-state index contributed by atoms with van der Waals surface area (Å²) in [5.41, 5.74) is 2.45. The fourth-order valence-electron chi connectivity index (χ4n) is 3.15. The average molecular weight is 340 g/mol. The molecule has 0 spiro atoms. The molecule has 1 aliphatic heterocycles. The molecular weight excluding hydrogens is 322 g/mol. The predicted octanol–water partition coefficient (Wildman–Crippen LogP) is 3.62. The summed E-state index contributed by atoms with van der Waals surface area (Å²) < 4.78 is 11.0. The number of ether oxygens (including phenoxy) is 1. The minimum atomic E-state index is -0.414. The number of hydrogen-bond acceptors (Lipinski definition) is 3. The highest BCUT2D eigenvalue weighted by atomic mass is 79.9. The largest absolute Gasteiger partial charge is 0.417 e. The number of hydrogen-bond donors (Lipinski definition) is 1. The van der Waals surface area contributed by atoms with Crippen LogP contribution < -0.4 is 5.76 Å². The van der Waals surface area contributed by atoms with E-state index < -0.39 is 5.76 Å². The van der Waals surface area contributed by atoms with Crippen LogP contribution in [-0.4, -0.2) is 17.2 Å². The van der Waals surface area contributed by atoms with E-state index in [1.165, 1.54) is 0 Å². The zero-order valence-electron chi connectivity index (χ0n) is 11.7. The Morgan fingerprint density at radius 3 is 2.65 bits per heavy atom. The lowest BCUT2D eigenvalue weighted by molar-refractivity contribution is 0.0511. The van der Waals surface area contributed by atoms with Gasteiger partial charge in [-0.3, -0.25) is 4.98 Å². The molecule has 0 amide bonds. The van der Waals surface area contributed by atoms with Gasteiger partial charge >= 0.3 is 5.76 Å². The Bertz CT molecular complexity index is 677. The summed E-state index contributed by atoms with van der Waals surface area (Å²) in [6.45, 7) is 6.46. The molecule has 5 unspecified atom stereocenters. The van der Waals surface area contributed by atoms with Crippen LogP contribution in [0.1, 0.15) is 31.2 Å². The first-order valence-electron chi connectivity index (χ1n) is 6.89. The van der Waals surface area contributed by atoms with E-state index in [0.717, 1.165) is 11.1 Å². The quantitative estimate of drug-likeness (QED) is 0.850. The normalized spacial score (nSPS) is 31.8. The predicted molar refractivity (Wildman–Crippen MR) is 81.2 cm³/mol. The van der Waals surface area contributed by atoms with Crippen molar-refractivity contribution in [2.75, 3.05) is 0 Å². The number of aromatic amines is 1. The van der Waals surface area contributed by atoms with Gasteiger partial charge in [0.15, 0.2) is 5.58 Å². The third-order valence-electron chi connectivity index (χ3n) is 4.42. The molecule has 0 aliphatic carbocycles. The van der Waals surface area contributed by atoms with E-state index in [0.29, 0.717) is 17.4 Å². The number of rotatable bonds is 2. The van der Waals surface area contributed by atoms with Crippen LogP contribution in [0, 0.1) is 11.8 Å². The van der Waals surface area contributed by atoms with E-state index in [4.69, 9.17) is 9.15 Å². The van der Waals surface area contributed by atoms with Crippen LogP contribution in [0.4, 0.5) is 0 Å². The van der Waals surface area contributed by atoms with Gasteiger partial charge < -0.3 is 9.15 Å². The molecule has 1 aromatic heterocycles. The van der Waals surface area contributed by atoms with Crippen LogP contribution in [0.5, 0.6) is 0 Å². The molecule has 2 heterocycles. The molecule has 3 rings (SSSR count). The number of oxazole rings is 1.